The van der Waals surface area contributed by atoms with Crippen molar-refractivity contribution in [3.05, 3.63) is 23.9 Å². The van der Waals surface area contributed by atoms with Gasteiger partial charge in [0, 0.05) is 30.7 Å². The summed E-state index contributed by atoms with van der Waals surface area (Å²) in [6.07, 6.45) is 1.94. The molecule has 0 amide bonds. The van der Waals surface area contributed by atoms with Gasteiger partial charge in [-0.3, -0.25) is 4.79 Å². The van der Waals surface area contributed by atoms with Crippen LogP contribution in [0.4, 0.5) is 0 Å². The van der Waals surface area contributed by atoms with Crippen LogP contribution >= 0.6 is 0 Å². The fraction of sp³-hybridized carbons (Fsp3) is 0.300. The number of nitrogens with zero attached hydrogens (tertiary/aromatic N) is 2. The number of hydrogen-bond donors (Lipinski definition) is 0. The van der Waals surface area contributed by atoms with Gasteiger partial charge >= 0.3 is 0 Å². The quantitative estimate of drug-likeness (QED) is 0.676. The Labute approximate surface area is 82.1 Å². The average Bonchev–Trinajstić information content (AvgIpc) is 2.26. The summed E-state index contributed by atoms with van der Waals surface area (Å²) in [5.74, 6) is 0.406. The van der Waals surface area contributed by atoms with Crippen molar-refractivity contribution in [2.24, 2.45) is 0 Å². The van der Waals surface area contributed by atoms with Gasteiger partial charge in [-0.1, -0.05) is 0 Å². The summed E-state index contributed by atoms with van der Waals surface area (Å²) in [7, 11) is 1.51. The highest BCUT2D eigenvalue weighted by molar-refractivity contribution is 5.95. The second kappa shape index (κ2) is 4.97. The van der Waals surface area contributed by atoms with Gasteiger partial charge in [-0.2, -0.15) is 5.26 Å². The van der Waals surface area contributed by atoms with Crippen LogP contribution in [0, 0.1) is 11.3 Å². The van der Waals surface area contributed by atoms with Crippen LogP contribution in [-0.2, 0) is 0 Å². The van der Waals surface area contributed by atoms with E-state index in [1.165, 1.54) is 13.3 Å². The third kappa shape index (κ3) is 2.56. The first-order valence-electron chi connectivity index (χ1n) is 4.18. The molecule has 0 saturated carbocycles. The Balaban J connectivity index is 2.67. The molecule has 0 spiro atoms. The first-order valence-corrected chi connectivity index (χ1v) is 4.18. The smallest absolute Gasteiger partial charge is 0.212 e. The Hall–Kier alpha value is -1.89. The number of hydrogen-bond acceptors (Lipinski definition) is 4. The number of carbonyl (C=O) groups is 1. The Morgan fingerprint density at radius 1 is 1.64 bits per heavy atom. The molecule has 72 valence electrons. The average molecular weight is 190 g/mol. The minimum absolute atomic E-state index is 0.0679. The molecule has 0 radical (unpaired) electrons. The first kappa shape index (κ1) is 10.2. The van der Waals surface area contributed by atoms with Gasteiger partial charge in [0.05, 0.1) is 13.2 Å². The Bertz CT molecular complexity index is 351. The standard InChI is InChI=1S/C10H10N2O2/c1-14-10-5-4-8(7-12-10)9(13)3-2-6-11/h4-5,7H,2-3H2,1H3. The normalized spacial score (nSPS) is 9.14. The fourth-order valence-corrected chi connectivity index (χ4v) is 0.980. The summed E-state index contributed by atoms with van der Waals surface area (Å²) < 4.78 is 4.86. The van der Waals surface area contributed by atoms with E-state index in [0.29, 0.717) is 11.4 Å². The van der Waals surface area contributed by atoms with Gasteiger partial charge in [-0.15, -0.1) is 0 Å². The molecule has 0 aliphatic heterocycles. The molecule has 0 aliphatic carbocycles. The topological polar surface area (TPSA) is 63.0 Å². The molecular formula is C10H10N2O2. The number of pyridine rings is 1. The number of aromatic nitrogens is 1. The van der Waals surface area contributed by atoms with Crippen LogP contribution in [-0.4, -0.2) is 17.9 Å². The van der Waals surface area contributed by atoms with Gasteiger partial charge in [0.2, 0.25) is 5.88 Å². The highest BCUT2D eigenvalue weighted by Gasteiger charge is 2.05. The number of ketones is 1. The lowest BCUT2D eigenvalue weighted by molar-refractivity contribution is 0.0983. The van der Waals surface area contributed by atoms with Crippen LogP contribution in [0.25, 0.3) is 0 Å². The number of nitriles is 1. The van der Waals surface area contributed by atoms with Gasteiger partial charge in [0.1, 0.15) is 0 Å². The molecule has 1 rings (SSSR count). The first-order chi connectivity index (χ1) is 6.77. The molecule has 0 N–H and O–H groups in total. The number of carbonyl (C=O) groups excluding carboxylic acids is 1. The van der Waals surface area contributed by atoms with Gasteiger partial charge in [0.15, 0.2) is 5.78 Å². The second-order valence-electron chi connectivity index (χ2n) is 2.67. The summed E-state index contributed by atoms with van der Waals surface area (Å²) in [4.78, 5) is 15.3. The Kier molecular flexibility index (Phi) is 3.62. The molecule has 0 saturated heterocycles. The molecule has 14 heavy (non-hydrogen) atoms. The maximum atomic E-state index is 11.4. The zero-order chi connectivity index (χ0) is 10.4. The SMILES string of the molecule is COc1ccc(C(=O)CCC#N)cn1. The van der Waals surface area contributed by atoms with Crippen LogP contribution in [0.5, 0.6) is 5.88 Å². The molecule has 0 fully saturated rings. The predicted molar refractivity (Wildman–Crippen MR) is 50.0 cm³/mol. The summed E-state index contributed by atoms with van der Waals surface area (Å²) in [6.45, 7) is 0. The van der Waals surface area contributed by atoms with E-state index < -0.39 is 0 Å². The second-order valence-corrected chi connectivity index (χ2v) is 2.67. The van der Waals surface area contributed by atoms with Crippen molar-refractivity contribution in [2.75, 3.05) is 7.11 Å². The monoisotopic (exact) mass is 190 g/mol. The van der Waals surface area contributed by atoms with Crippen molar-refractivity contribution < 1.29 is 9.53 Å². The van der Waals surface area contributed by atoms with E-state index in [-0.39, 0.29) is 18.6 Å². The fourth-order valence-electron chi connectivity index (χ4n) is 0.980. The largest absolute Gasteiger partial charge is 0.481 e. The van der Waals surface area contributed by atoms with Crippen LogP contribution in [0.1, 0.15) is 23.2 Å². The van der Waals surface area contributed by atoms with Crippen molar-refractivity contribution in [1.82, 2.24) is 4.98 Å². The van der Waals surface area contributed by atoms with E-state index in [2.05, 4.69) is 4.98 Å². The van der Waals surface area contributed by atoms with Crippen molar-refractivity contribution in [3.8, 4) is 11.9 Å². The summed E-state index contributed by atoms with van der Waals surface area (Å²) in [6, 6.07) is 5.19. The van der Waals surface area contributed by atoms with Crippen LogP contribution in [0.2, 0.25) is 0 Å². The van der Waals surface area contributed by atoms with Crippen molar-refractivity contribution >= 4 is 5.78 Å². The summed E-state index contributed by atoms with van der Waals surface area (Å²) >= 11 is 0. The molecule has 0 aromatic carbocycles. The number of methoxy groups -OCH3 is 1. The zero-order valence-electron chi connectivity index (χ0n) is 7.86. The molecule has 1 aromatic heterocycles. The number of Topliss-reactive ketones (excluding diaryl/α,β-unsaturated/α-hetero) is 1. The Morgan fingerprint density at radius 2 is 2.43 bits per heavy atom. The third-order valence-electron chi connectivity index (χ3n) is 1.73. The van der Waals surface area contributed by atoms with E-state index in [1.807, 2.05) is 6.07 Å². The van der Waals surface area contributed by atoms with Crippen molar-refractivity contribution in [3.63, 3.8) is 0 Å². The van der Waals surface area contributed by atoms with E-state index in [9.17, 15) is 4.79 Å². The highest BCUT2D eigenvalue weighted by Crippen LogP contribution is 2.09. The molecule has 0 aliphatic rings. The molecule has 1 heterocycles. The number of ether oxygens (including phenoxy) is 1. The highest BCUT2D eigenvalue weighted by atomic mass is 16.5. The van der Waals surface area contributed by atoms with E-state index >= 15 is 0 Å². The van der Waals surface area contributed by atoms with Gasteiger partial charge < -0.3 is 4.74 Å². The summed E-state index contributed by atoms with van der Waals surface area (Å²) in [5, 5.41) is 8.31. The predicted octanol–water partition coefficient (Wildman–Crippen LogP) is 1.58. The lowest BCUT2D eigenvalue weighted by Crippen LogP contribution is -1.99. The van der Waals surface area contributed by atoms with Crippen LogP contribution < -0.4 is 4.74 Å². The minimum Gasteiger partial charge on any atom is -0.481 e. The van der Waals surface area contributed by atoms with Gasteiger partial charge in [-0.05, 0) is 6.07 Å². The van der Waals surface area contributed by atoms with E-state index in [0.717, 1.165) is 0 Å². The van der Waals surface area contributed by atoms with Crippen LogP contribution in [0.3, 0.4) is 0 Å². The minimum atomic E-state index is -0.0679. The van der Waals surface area contributed by atoms with Crippen molar-refractivity contribution in [1.29, 1.82) is 5.26 Å². The molecule has 4 nitrogen and oxygen atoms in total. The molecule has 4 heteroatoms. The molecule has 0 unspecified atom stereocenters. The molecular weight excluding hydrogens is 180 g/mol. The maximum absolute atomic E-state index is 11.4. The van der Waals surface area contributed by atoms with Crippen molar-refractivity contribution in [2.45, 2.75) is 12.8 Å². The molecule has 0 bridgehead atoms. The zero-order valence-corrected chi connectivity index (χ0v) is 7.86. The third-order valence-corrected chi connectivity index (χ3v) is 1.73. The van der Waals surface area contributed by atoms with E-state index in [1.54, 1.807) is 12.1 Å². The summed E-state index contributed by atoms with van der Waals surface area (Å²) in [5.41, 5.74) is 0.515. The van der Waals surface area contributed by atoms with Crippen LogP contribution in [0.15, 0.2) is 18.3 Å². The lowest BCUT2D eigenvalue weighted by Gasteiger charge is -1.99. The molecule has 1 aromatic rings. The molecule has 0 atom stereocenters. The van der Waals surface area contributed by atoms with Gasteiger partial charge in [-0.25, -0.2) is 4.98 Å². The Morgan fingerprint density at radius 3 is 2.93 bits per heavy atom. The van der Waals surface area contributed by atoms with Gasteiger partial charge in [0.25, 0.3) is 0 Å². The lowest BCUT2D eigenvalue weighted by atomic mass is 10.1. The maximum Gasteiger partial charge on any atom is 0.212 e. The number of rotatable bonds is 4. The van der Waals surface area contributed by atoms with E-state index in [4.69, 9.17) is 10.00 Å².